The average Bonchev–Trinajstić information content (AvgIpc) is 3.57. The number of nitrogens with zero attached hydrogens (tertiary/aromatic N) is 2. The van der Waals surface area contributed by atoms with Gasteiger partial charge in [-0.05, 0) is 63.1 Å². The van der Waals surface area contributed by atoms with E-state index in [9.17, 15) is 0 Å². The van der Waals surface area contributed by atoms with Crippen LogP contribution < -0.4 is 4.74 Å². The van der Waals surface area contributed by atoms with E-state index >= 15 is 0 Å². The molecule has 8 aromatic rings. The van der Waals surface area contributed by atoms with E-state index in [-0.39, 0.29) is 0 Å². The van der Waals surface area contributed by atoms with Crippen LogP contribution in [-0.4, -0.2) is 9.97 Å². The molecule has 0 fully saturated rings. The van der Waals surface area contributed by atoms with Gasteiger partial charge in [0.25, 0.3) is 0 Å². The van der Waals surface area contributed by atoms with Gasteiger partial charge in [0.1, 0.15) is 11.5 Å². The Morgan fingerprint density at radius 1 is 0.411 bits per heavy atom. The number of rotatable bonds is 5. The fourth-order valence-corrected chi connectivity index (χ4v) is 9.10. The number of benzene rings is 7. The van der Waals surface area contributed by atoms with Crippen LogP contribution in [0.15, 0.2) is 205 Å². The lowest BCUT2D eigenvalue weighted by Gasteiger charge is -2.42. The Labute approximate surface area is 327 Å². The molecule has 0 saturated carbocycles. The topological polar surface area (TPSA) is 35.0 Å². The summed E-state index contributed by atoms with van der Waals surface area (Å²) in [5.74, 6) is 2.74. The van der Waals surface area contributed by atoms with Crippen molar-refractivity contribution in [2.75, 3.05) is 0 Å². The largest absolute Gasteiger partial charge is 0.461 e. The van der Waals surface area contributed by atoms with Gasteiger partial charge in [-0.3, -0.25) is 0 Å². The molecule has 0 N–H and O–H groups in total. The van der Waals surface area contributed by atoms with Gasteiger partial charge in [0.2, 0.25) is 0 Å². The van der Waals surface area contributed by atoms with Gasteiger partial charge >= 0.3 is 0 Å². The normalized spacial score (nSPS) is 14.6. The fourth-order valence-electron chi connectivity index (χ4n) is 9.10. The Balaban J connectivity index is 0.938. The second-order valence-corrected chi connectivity index (χ2v) is 14.8. The van der Waals surface area contributed by atoms with Crippen molar-refractivity contribution in [1.29, 1.82) is 0 Å². The van der Waals surface area contributed by atoms with Gasteiger partial charge in [-0.25, -0.2) is 9.97 Å². The van der Waals surface area contributed by atoms with Gasteiger partial charge in [-0.2, -0.15) is 0 Å². The molecule has 1 spiro atoms. The van der Waals surface area contributed by atoms with Crippen molar-refractivity contribution >= 4 is 5.57 Å². The predicted octanol–water partition coefficient (Wildman–Crippen LogP) is 13.0. The van der Waals surface area contributed by atoms with E-state index in [4.69, 9.17) is 14.7 Å². The monoisotopic (exact) mass is 716 g/mol. The summed E-state index contributed by atoms with van der Waals surface area (Å²) in [5.41, 5.74) is 17.1. The lowest BCUT2D eigenvalue weighted by atomic mass is 9.64. The van der Waals surface area contributed by atoms with Crippen molar-refractivity contribution in [3.8, 4) is 61.9 Å². The fraction of sp³-hybridized carbons (Fsp3) is 0.0566. The van der Waals surface area contributed by atoms with Crippen molar-refractivity contribution in [1.82, 2.24) is 9.97 Å². The molecule has 2 aliphatic carbocycles. The summed E-state index contributed by atoms with van der Waals surface area (Å²) < 4.78 is 6.74. The lowest BCUT2D eigenvalue weighted by Crippen LogP contribution is -2.35. The van der Waals surface area contributed by atoms with Crippen LogP contribution in [0.2, 0.25) is 0 Å². The van der Waals surface area contributed by atoms with Gasteiger partial charge < -0.3 is 4.74 Å². The zero-order chi connectivity index (χ0) is 37.1. The highest BCUT2D eigenvalue weighted by Crippen LogP contribution is 2.62. The summed E-state index contributed by atoms with van der Waals surface area (Å²) in [5, 5.41) is 0. The van der Waals surface area contributed by atoms with E-state index < -0.39 is 5.41 Å². The summed E-state index contributed by atoms with van der Waals surface area (Å²) in [6.45, 7) is 0. The maximum absolute atomic E-state index is 6.74. The minimum absolute atomic E-state index is 0.434. The zero-order valence-electron chi connectivity index (χ0n) is 30.7. The quantitative estimate of drug-likeness (QED) is 0.178. The molecule has 264 valence electrons. The van der Waals surface area contributed by atoms with Crippen LogP contribution in [0.1, 0.15) is 35.1 Å². The first-order valence-electron chi connectivity index (χ1n) is 19.4. The molecule has 0 bridgehead atoms. The van der Waals surface area contributed by atoms with Crippen LogP contribution in [0.5, 0.6) is 5.75 Å². The van der Waals surface area contributed by atoms with Crippen molar-refractivity contribution in [2.45, 2.75) is 18.3 Å². The molecule has 11 rings (SSSR count). The highest BCUT2D eigenvalue weighted by Gasteiger charge is 2.52. The molecule has 1 aliphatic heterocycles. The van der Waals surface area contributed by atoms with Crippen LogP contribution in [0.4, 0.5) is 0 Å². The van der Waals surface area contributed by atoms with Gasteiger partial charge in [0.05, 0.1) is 16.8 Å². The molecule has 0 amide bonds. The first-order chi connectivity index (χ1) is 27.7. The third-order valence-electron chi connectivity index (χ3n) is 11.7. The number of allylic oxidation sites excluding steroid dienone is 4. The number of hydrogen-bond donors (Lipinski definition) is 0. The molecule has 56 heavy (non-hydrogen) atoms. The van der Waals surface area contributed by atoms with Crippen molar-refractivity contribution in [3.05, 3.63) is 228 Å². The highest BCUT2D eigenvalue weighted by atomic mass is 16.5. The van der Waals surface area contributed by atoms with Crippen LogP contribution in [0.25, 0.3) is 61.7 Å². The summed E-state index contributed by atoms with van der Waals surface area (Å²) in [4.78, 5) is 10.1. The van der Waals surface area contributed by atoms with Crippen LogP contribution in [0.3, 0.4) is 0 Å². The number of para-hydroxylation sites is 1. The Bertz CT molecular complexity index is 2750. The Morgan fingerprint density at radius 3 is 1.48 bits per heavy atom. The van der Waals surface area contributed by atoms with Gasteiger partial charge in [-0.1, -0.05) is 182 Å². The van der Waals surface area contributed by atoms with Crippen molar-refractivity contribution in [2.24, 2.45) is 0 Å². The molecular weight excluding hydrogens is 681 g/mol. The molecule has 0 radical (unpaired) electrons. The smallest absolute Gasteiger partial charge is 0.160 e. The summed E-state index contributed by atoms with van der Waals surface area (Å²) >= 11 is 0. The number of ether oxygens (including phenoxy) is 1. The molecule has 3 nitrogen and oxygen atoms in total. The third-order valence-corrected chi connectivity index (χ3v) is 11.7. The average molecular weight is 717 g/mol. The predicted molar refractivity (Wildman–Crippen MR) is 227 cm³/mol. The summed E-state index contributed by atoms with van der Waals surface area (Å²) in [6, 6.07) is 66.9. The molecule has 1 aromatic heterocycles. The summed E-state index contributed by atoms with van der Waals surface area (Å²) in [7, 11) is 0. The lowest BCUT2D eigenvalue weighted by molar-refractivity contribution is 0.365. The van der Waals surface area contributed by atoms with E-state index in [1.807, 2.05) is 36.4 Å². The minimum atomic E-state index is -0.434. The second kappa shape index (κ2) is 13.0. The van der Waals surface area contributed by atoms with Crippen LogP contribution >= 0.6 is 0 Å². The first-order valence-corrected chi connectivity index (χ1v) is 19.4. The third kappa shape index (κ3) is 5.12. The number of aromatic nitrogens is 2. The van der Waals surface area contributed by atoms with Gasteiger partial charge in [0.15, 0.2) is 5.82 Å². The van der Waals surface area contributed by atoms with Gasteiger partial charge in [-0.15, -0.1) is 0 Å². The molecule has 0 atom stereocenters. The maximum atomic E-state index is 6.74. The molecule has 7 aromatic carbocycles. The minimum Gasteiger partial charge on any atom is -0.461 e. The van der Waals surface area contributed by atoms with Crippen molar-refractivity contribution < 1.29 is 4.74 Å². The SMILES string of the molecule is C1=C(c2ccc(-c3ccc(-c4nc(-c5ccccc5)cc(-c5ccccc5)n4)cc3)cc2)CCC2=C1C1(c3ccccc3O2)c2ccccc2-c2ccccc21. The van der Waals surface area contributed by atoms with Gasteiger partial charge in [0, 0.05) is 34.2 Å². The Hall–Kier alpha value is -7.10. The zero-order valence-corrected chi connectivity index (χ0v) is 30.7. The van der Waals surface area contributed by atoms with E-state index in [1.54, 1.807) is 0 Å². The van der Waals surface area contributed by atoms with E-state index in [2.05, 4.69) is 158 Å². The highest BCUT2D eigenvalue weighted by molar-refractivity contribution is 5.89. The molecule has 0 saturated heterocycles. The van der Waals surface area contributed by atoms with E-state index in [0.717, 1.165) is 58.0 Å². The van der Waals surface area contributed by atoms with Crippen molar-refractivity contribution in [3.63, 3.8) is 0 Å². The maximum Gasteiger partial charge on any atom is 0.160 e. The molecular formula is C53H36N2O. The molecule has 0 unspecified atom stereocenters. The molecule has 3 heteroatoms. The Morgan fingerprint density at radius 2 is 0.893 bits per heavy atom. The standard InChI is InChI=1S/C53H36N2O/c1-3-13-38(14-4-1)48-34-49(39-15-5-2-6-16-39)55-52(54-48)40-29-27-36(28-30-40)35-23-25-37(26-24-35)41-31-32-51-47(33-41)53(46-21-11-12-22-50(46)56-51)44-19-9-7-17-42(44)43-18-8-10-20-45(43)53/h1-30,33-34H,31-32H2. The molecule has 2 heterocycles. The number of hydrogen-bond acceptors (Lipinski definition) is 3. The van der Waals surface area contributed by atoms with E-state index in [1.165, 1.54) is 50.1 Å². The first kappa shape index (κ1) is 32.3. The van der Waals surface area contributed by atoms with Crippen LogP contribution in [-0.2, 0) is 5.41 Å². The van der Waals surface area contributed by atoms with Crippen LogP contribution in [0, 0.1) is 0 Å². The Kier molecular flexibility index (Phi) is 7.53. The number of fused-ring (bicyclic) bond motifs is 8. The van der Waals surface area contributed by atoms with E-state index in [0.29, 0.717) is 5.82 Å². The molecule has 3 aliphatic rings. The summed E-state index contributed by atoms with van der Waals surface area (Å²) in [6.07, 6.45) is 4.20. The second-order valence-electron chi connectivity index (χ2n) is 14.8.